The zero-order chi connectivity index (χ0) is 32.4. The molecule has 0 aliphatic carbocycles. The van der Waals surface area contributed by atoms with Crippen LogP contribution < -0.4 is 20.1 Å². The van der Waals surface area contributed by atoms with E-state index in [9.17, 15) is 9.59 Å². The summed E-state index contributed by atoms with van der Waals surface area (Å²) in [7, 11) is 0. The molecule has 4 heterocycles. The van der Waals surface area contributed by atoms with E-state index >= 15 is 8.78 Å². The number of aryl methyl sites for hydroxylation is 1. The number of hydrogen-bond donors (Lipinski definition) is 1. The number of urea groups is 1. The van der Waals surface area contributed by atoms with Gasteiger partial charge < -0.3 is 20.1 Å². The second kappa shape index (κ2) is 13.2. The van der Waals surface area contributed by atoms with Gasteiger partial charge in [-0.25, -0.2) is 18.6 Å². The molecule has 10 nitrogen and oxygen atoms in total. The number of hydrogen-bond acceptors (Lipinski definition) is 7. The molecule has 238 valence electrons. The van der Waals surface area contributed by atoms with Crippen LogP contribution in [-0.2, 0) is 17.9 Å². The minimum absolute atomic E-state index is 0.0136. The van der Waals surface area contributed by atoms with Gasteiger partial charge >= 0.3 is 6.03 Å². The maximum Gasteiger partial charge on any atom is 0.320 e. The molecular weight excluding hydrogens is 582 g/mol. The van der Waals surface area contributed by atoms with Crippen molar-refractivity contribution in [2.45, 2.75) is 52.7 Å². The first kappa shape index (κ1) is 31.8. The van der Waals surface area contributed by atoms with E-state index in [4.69, 9.17) is 15.2 Å². The minimum Gasteiger partial charge on any atom is -0.486 e. The molecule has 12 heteroatoms. The molecule has 2 N–H and O–H groups in total. The SMILES string of the molecule is C=CC(=O)N1CCN(Cc2cc(F)c(-c3c(F)ccc4c3OCCO4)nc2N(Cc2c(C)ccnc2C(C)C)C(N)=O)[C@@H](C)C1. The zero-order valence-electron chi connectivity index (χ0n) is 26.0. The third-order valence-corrected chi connectivity index (χ3v) is 8.26. The molecule has 2 aromatic heterocycles. The van der Waals surface area contributed by atoms with Crippen molar-refractivity contribution in [2.24, 2.45) is 5.73 Å². The number of pyridine rings is 2. The van der Waals surface area contributed by atoms with Crippen molar-refractivity contribution in [3.63, 3.8) is 0 Å². The molecule has 3 amide bonds. The van der Waals surface area contributed by atoms with Gasteiger partial charge in [-0.05, 0) is 61.2 Å². The van der Waals surface area contributed by atoms with Crippen molar-refractivity contribution in [3.8, 4) is 22.8 Å². The second-order valence-corrected chi connectivity index (χ2v) is 11.6. The Labute approximate surface area is 261 Å². The van der Waals surface area contributed by atoms with E-state index < -0.39 is 17.7 Å². The molecule has 0 spiro atoms. The molecule has 1 fully saturated rings. The second-order valence-electron chi connectivity index (χ2n) is 11.6. The van der Waals surface area contributed by atoms with Crippen molar-refractivity contribution >= 4 is 17.8 Å². The maximum absolute atomic E-state index is 16.1. The lowest BCUT2D eigenvalue weighted by molar-refractivity contribution is -0.128. The Morgan fingerprint density at radius 3 is 2.62 bits per heavy atom. The van der Waals surface area contributed by atoms with Gasteiger partial charge in [-0.3, -0.25) is 19.6 Å². The molecule has 45 heavy (non-hydrogen) atoms. The fraction of sp³-hybridized carbons (Fsp3) is 0.394. The molecule has 0 saturated carbocycles. The van der Waals surface area contributed by atoms with E-state index in [1.165, 1.54) is 29.2 Å². The summed E-state index contributed by atoms with van der Waals surface area (Å²) < 4.78 is 42.9. The van der Waals surface area contributed by atoms with Crippen LogP contribution in [0.1, 0.15) is 49.1 Å². The first-order valence-corrected chi connectivity index (χ1v) is 14.9. The van der Waals surface area contributed by atoms with Crippen LogP contribution in [0.5, 0.6) is 11.5 Å². The van der Waals surface area contributed by atoms with Gasteiger partial charge in [-0.15, -0.1) is 0 Å². The number of nitrogens with zero attached hydrogens (tertiary/aromatic N) is 5. The summed E-state index contributed by atoms with van der Waals surface area (Å²) in [6.07, 6.45) is 3.00. The van der Waals surface area contributed by atoms with Crippen molar-refractivity contribution in [1.82, 2.24) is 19.8 Å². The number of ether oxygens (including phenoxy) is 2. The third-order valence-electron chi connectivity index (χ3n) is 8.26. The van der Waals surface area contributed by atoms with E-state index in [1.54, 1.807) is 11.1 Å². The Kier molecular flexibility index (Phi) is 9.33. The van der Waals surface area contributed by atoms with Crippen LogP contribution in [0.2, 0.25) is 0 Å². The summed E-state index contributed by atoms with van der Waals surface area (Å²) in [5.41, 5.74) is 8.32. The number of primary amides is 1. The molecular formula is C33H38F2N6O4. The Bertz CT molecular complexity index is 1630. The van der Waals surface area contributed by atoms with Crippen LogP contribution in [0.25, 0.3) is 11.3 Å². The molecule has 1 saturated heterocycles. The highest BCUT2D eigenvalue weighted by Crippen LogP contribution is 2.43. The maximum atomic E-state index is 16.1. The van der Waals surface area contributed by atoms with Crippen LogP contribution in [0.3, 0.4) is 0 Å². The highest BCUT2D eigenvalue weighted by atomic mass is 19.1. The average molecular weight is 621 g/mol. The molecule has 2 aliphatic rings. The zero-order valence-corrected chi connectivity index (χ0v) is 26.0. The minimum atomic E-state index is -0.816. The van der Waals surface area contributed by atoms with Crippen molar-refractivity contribution < 1.29 is 27.8 Å². The lowest BCUT2D eigenvalue weighted by Gasteiger charge is -2.40. The molecule has 5 rings (SSSR count). The number of anilines is 1. The summed E-state index contributed by atoms with van der Waals surface area (Å²) in [6, 6.07) is 4.79. The Hall–Kier alpha value is -4.58. The van der Waals surface area contributed by atoms with Crippen molar-refractivity contribution in [1.29, 1.82) is 0 Å². The topological polar surface area (TPSA) is 114 Å². The first-order chi connectivity index (χ1) is 21.5. The van der Waals surface area contributed by atoms with E-state index in [1.807, 2.05) is 33.8 Å². The van der Waals surface area contributed by atoms with Gasteiger partial charge in [0.1, 0.15) is 36.4 Å². The molecule has 1 atom stereocenters. The highest BCUT2D eigenvalue weighted by Gasteiger charge is 2.31. The number of amides is 3. The quantitative estimate of drug-likeness (QED) is 0.356. The van der Waals surface area contributed by atoms with E-state index in [-0.39, 0.29) is 72.7 Å². The summed E-state index contributed by atoms with van der Waals surface area (Å²) >= 11 is 0. The number of benzene rings is 1. The van der Waals surface area contributed by atoms with Crippen LogP contribution in [-0.4, -0.2) is 70.6 Å². The highest BCUT2D eigenvalue weighted by molar-refractivity contribution is 5.91. The number of halogens is 2. The van der Waals surface area contributed by atoms with Crippen LogP contribution in [0, 0.1) is 18.6 Å². The Morgan fingerprint density at radius 2 is 1.93 bits per heavy atom. The molecule has 3 aromatic rings. The molecule has 1 aromatic carbocycles. The van der Waals surface area contributed by atoms with Crippen LogP contribution in [0.4, 0.5) is 19.4 Å². The number of aromatic nitrogens is 2. The van der Waals surface area contributed by atoms with Gasteiger partial charge in [0.05, 0.1) is 12.1 Å². The first-order valence-electron chi connectivity index (χ1n) is 14.9. The smallest absolute Gasteiger partial charge is 0.320 e. The van der Waals surface area contributed by atoms with Crippen LogP contribution >= 0.6 is 0 Å². The van der Waals surface area contributed by atoms with Gasteiger partial charge in [-0.1, -0.05) is 20.4 Å². The van der Waals surface area contributed by atoms with E-state index in [2.05, 4.69) is 21.4 Å². The number of carbonyl (C=O) groups is 2. The number of piperazine rings is 1. The average Bonchev–Trinajstić information content (AvgIpc) is 3.01. The Morgan fingerprint density at radius 1 is 1.18 bits per heavy atom. The monoisotopic (exact) mass is 620 g/mol. The number of fused-ring (bicyclic) bond motifs is 1. The predicted octanol–water partition coefficient (Wildman–Crippen LogP) is 4.93. The summed E-state index contributed by atoms with van der Waals surface area (Å²) in [6.45, 7) is 13.5. The third kappa shape index (κ3) is 6.46. The number of nitrogens with two attached hydrogens (primary N) is 1. The molecule has 0 bridgehead atoms. The summed E-state index contributed by atoms with van der Waals surface area (Å²) in [5, 5.41) is 0. The standard InChI is InChI=1S/C33H38F2N6O4/c1-6-27(42)40-12-11-39(21(5)16-40)17-22-15-25(35)30(28-24(34)7-8-26-31(28)45-14-13-44-26)38-32(22)41(33(36)43)18-23-20(4)9-10-37-29(23)19(2)3/h6-10,15,19,21H,1,11-14,16-18H2,2-5H3,(H2,36,43)/t21-/m0/s1. The molecule has 2 aliphatic heterocycles. The predicted molar refractivity (Wildman–Crippen MR) is 166 cm³/mol. The lowest BCUT2D eigenvalue weighted by atomic mass is 9.99. The Balaban J connectivity index is 1.64. The van der Waals surface area contributed by atoms with Gasteiger partial charge in [0.15, 0.2) is 11.5 Å². The largest absolute Gasteiger partial charge is 0.486 e. The van der Waals surface area contributed by atoms with E-state index in [0.717, 1.165) is 16.8 Å². The van der Waals surface area contributed by atoms with E-state index in [0.29, 0.717) is 25.2 Å². The van der Waals surface area contributed by atoms with Gasteiger partial charge in [0, 0.05) is 49.7 Å². The molecule has 0 unspecified atom stereocenters. The van der Waals surface area contributed by atoms with Gasteiger partial charge in [0.25, 0.3) is 0 Å². The fourth-order valence-corrected chi connectivity index (χ4v) is 5.86. The summed E-state index contributed by atoms with van der Waals surface area (Å²) in [5.74, 6) is -1.27. The number of carbonyl (C=O) groups excluding carboxylic acids is 2. The lowest BCUT2D eigenvalue weighted by Crippen LogP contribution is -2.53. The summed E-state index contributed by atoms with van der Waals surface area (Å²) in [4.78, 5) is 39.7. The molecule has 0 radical (unpaired) electrons. The van der Waals surface area contributed by atoms with Gasteiger partial charge in [0.2, 0.25) is 5.91 Å². The number of rotatable bonds is 8. The van der Waals surface area contributed by atoms with Crippen LogP contribution in [0.15, 0.2) is 43.1 Å². The van der Waals surface area contributed by atoms with Gasteiger partial charge in [-0.2, -0.15) is 0 Å². The normalized spacial score (nSPS) is 16.5. The fourth-order valence-electron chi connectivity index (χ4n) is 5.86. The van der Waals surface area contributed by atoms with Crippen molar-refractivity contribution in [3.05, 3.63) is 77.1 Å². The van der Waals surface area contributed by atoms with Crippen molar-refractivity contribution in [2.75, 3.05) is 37.7 Å².